The SMILES string of the molecule is CCNC(C)(CCCN1CCCC(C)(C)C1)C(=O)OCC. The van der Waals surface area contributed by atoms with E-state index in [9.17, 15) is 4.79 Å². The van der Waals surface area contributed by atoms with E-state index in [-0.39, 0.29) is 5.97 Å². The summed E-state index contributed by atoms with van der Waals surface area (Å²) >= 11 is 0. The van der Waals surface area contributed by atoms with Crippen LogP contribution in [-0.2, 0) is 9.53 Å². The third-order valence-corrected chi connectivity index (χ3v) is 4.42. The minimum atomic E-state index is -0.546. The largest absolute Gasteiger partial charge is 0.465 e. The van der Waals surface area contributed by atoms with Gasteiger partial charge in [0.2, 0.25) is 0 Å². The normalized spacial score (nSPS) is 21.8. The van der Waals surface area contributed by atoms with Crippen molar-refractivity contribution in [2.75, 3.05) is 32.8 Å². The lowest BCUT2D eigenvalue weighted by molar-refractivity contribution is -0.150. The summed E-state index contributed by atoms with van der Waals surface area (Å²) in [5.74, 6) is -0.120. The van der Waals surface area contributed by atoms with Crippen LogP contribution >= 0.6 is 0 Å². The molecule has 0 saturated carbocycles. The Morgan fingerprint density at radius 1 is 1.38 bits per heavy atom. The van der Waals surface area contributed by atoms with Crippen LogP contribution in [0.4, 0.5) is 0 Å². The van der Waals surface area contributed by atoms with Gasteiger partial charge in [-0.25, -0.2) is 0 Å². The minimum absolute atomic E-state index is 0.120. The van der Waals surface area contributed by atoms with Crippen LogP contribution in [-0.4, -0.2) is 49.2 Å². The van der Waals surface area contributed by atoms with Gasteiger partial charge in [-0.3, -0.25) is 4.79 Å². The van der Waals surface area contributed by atoms with Gasteiger partial charge in [0.1, 0.15) is 5.54 Å². The number of likely N-dealkylation sites (tertiary alicyclic amines) is 1. The van der Waals surface area contributed by atoms with Crippen LogP contribution in [0.1, 0.15) is 60.3 Å². The molecule has 0 aromatic rings. The fourth-order valence-corrected chi connectivity index (χ4v) is 3.33. The fraction of sp³-hybridized carbons (Fsp3) is 0.941. The first-order valence-electron chi connectivity index (χ1n) is 8.47. The first kappa shape index (κ1) is 18.4. The maximum atomic E-state index is 12.1. The highest BCUT2D eigenvalue weighted by Gasteiger charge is 2.33. The van der Waals surface area contributed by atoms with Crippen LogP contribution in [0.25, 0.3) is 0 Å². The highest BCUT2D eigenvalue weighted by Crippen LogP contribution is 2.28. The number of hydrogen-bond acceptors (Lipinski definition) is 4. The minimum Gasteiger partial charge on any atom is -0.465 e. The van der Waals surface area contributed by atoms with Gasteiger partial charge in [0.05, 0.1) is 6.61 Å². The molecule has 0 aromatic carbocycles. The standard InChI is InChI=1S/C17H34N2O2/c1-6-18-17(5,15(20)21-7-2)11-9-13-19-12-8-10-16(3,4)14-19/h18H,6-14H2,1-5H3. The Hall–Kier alpha value is -0.610. The van der Waals surface area contributed by atoms with Gasteiger partial charge in [-0.15, -0.1) is 0 Å². The van der Waals surface area contributed by atoms with E-state index >= 15 is 0 Å². The second-order valence-electron chi connectivity index (χ2n) is 7.23. The molecule has 1 saturated heterocycles. The van der Waals surface area contributed by atoms with E-state index in [1.54, 1.807) is 0 Å². The van der Waals surface area contributed by atoms with E-state index in [1.807, 2.05) is 20.8 Å². The number of nitrogens with zero attached hydrogens (tertiary/aromatic N) is 1. The molecule has 0 bridgehead atoms. The Labute approximate surface area is 130 Å². The first-order chi connectivity index (χ1) is 9.83. The van der Waals surface area contributed by atoms with Crippen molar-refractivity contribution in [1.29, 1.82) is 0 Å². The van der Waals surface area contributed by atoms with Crippen LogP contribution in [0.2, 0.25) is 0 Å². The molecule has 1 unspecified atom stereocenters. The molecule has 0 aliphatic carbocycles. The van der Waals surface area contributed by atoms with Crippen molar-refractivity contribution in [2.24, 2.45) is 5.41 Å². The smallest absolute Gasteiger partial charge is 0.326 e. The van der Waals surface area contributed by atoms with E-state index in [1.165, 1.54) is 25.9 Å². The van der Waals surface area contributed by atoms with Crippen LogP contribution in [0.5, 0.6) is 0 Å². The third kappa shape index (κ3) is 5.95. The van der Waals surface area contributed by atoms with Crippen molar-refractivity contribution >= 4 is 5.97 Å². The van der Waals surface area contributed by atoms with Gasteiger partial charge in [-0.05, 0) is 64.6 Å². The highest BCUT2D eigenvalue weighted by atomic mass is 16.5. The number of esters is 1. The molecule has 1 aliphatic heterocycles. The molecule has 0 amide bonds. The lowest BCUT2D eigenvalue weighted by Crippen LogP contribution is -2.51. The van der Waals surface area contributed by atoms with E-state index in [2.05, 4.69) is 24.1 Å². The monoisotopic (exact) mass is 298 g/mol. The van der Waals surface area contributed by atoms with Crippen molar-refractivity contribution in [3.8, 4) is 0 Å². The molecule has 1 atom stereocenters. The predicted octanol–water partition coefficient (Wildman–Crippen LogP) is 2.82. The molecule has 4 heteroatoms. The fourth-order valence-electron chi connectivity index (χ4n) is 3.33. The maximum absolute atomic E-state index is 12.1. The molecule has 1 N–H and O–H groups in total. The number of rotatable bonds is 8. The predicted molar refractivity (Wildman–Crippen MR) is 87.4 cm³/mol. The van der Waals surface area contributed by atoms with Crippen molar-refractivity contribution < 1.29 is 9.53 Å². The number of carbonyl (C=O) groups excluding carboxylic acids is 1. The molecular formula is C17H34N2O2. The van der Waals surface area contributed by atoms with Gasteiger partial charge in [0.25, 0.3) is 0 Å². The van der Waals surface area contributed by atoms with Crippen molar-refractivity contribution in [2.45, 2.75) is 65.8 Å². The molecule has 1 aliphatic rings. The van der Waals surface area contributed by atoms with Gasteiger partial charge in [0, 0.05) is 6.54 Å². The number of nitrogens with one attached hydrogen (secondary N) is 1. The Balaban J connectivity index is 2.44. The summed E-state index contributed by atoms with van der Waals surface area (Å²) < 4.78 is 5.22. The number of ether oxygens (including phenoxy) is 1. The van der Waals surface area contributed by atoms with Gasteiger partial charge < -0.3 is 15.0 Å². The first-order valence-corrected chi connectivity index (χ1v) is 8.47. The van der Waals surface area contributed by atoms with Crippen LogP contribution in [0.3, 0.4) is 0 Å². The van der Waals surface area contributed by atoms with Gasteiger partial charge >= 0.3 is 5.97 Å². The number of likely N-dealkylation sites (N-methyl/N-ethyl adjacent to an activating group) is 1. The lowest BCUT2D eigenvalue weighted by Gasteiger charge is -2.38. The average Bonchev–Trinajstić information content (AvgIpc) is 2.38. The summed E-state index contributed by atoms with van der Waals surface area (Å²) in [6.45, 7) is 15.2. The zero-order valence-electron chi connectivity index (χ0n) is 14.6. The molecule has 4 nitrogen and oxygen atoms in total. The summed E-state index contributed by atoms with van der Waals surface area (Å²) in [7, 11) is 0. The van der Waals surface area contributed by atoms with E-state index in [0.717, 1.165) is 25.9 Å². The second kappa shape index (κ2) is 8.14. The Bertz CT molecular complexity index is 331. The van der Waals surface area contributed by atoms with Crippen LogP contribution in [0, 0.1) is 5.41 Å². The zero-order valence-corrected chi connectivity index (χ0v) is 14.6. The molecule has 0 aromatic heterocycles. The molecule has 0 radical (unpaired) electrons. The van der Waals surface area contributed by atoms with Crippen LogP contribution in [0.15, 0.2) is 0 Å². The number of carbonyl (C=O) groups is 1. The third-order valence-electron chi connectivity index (χ3n) is 4.42. The van der Waals surface area contributed by atoms with E-state index in [0.29, 0.717) is 12.0 Å². The van der Waals surface area contributed by atoms with Crippen molar-refractivity contribution in [3.05, 3.63) is 0 Å². The lowest BCUT2D eigenvalue weighted by atomic mass is 9.84. The number of piperidine rings is 1. The molecule has 0 spiro atoms. The van der Waals surface area contributed by atoms with Gasteiger partial charge in [-0.2, -0.15) is 0 Å². The average molecular weight is 298 g/mol. The molecular weight excluding hydrogens is 264 g/mol. The van der Waals surface area contributed by atoms with Gasteiger partial charge in [0.15, 0.2) is 0 Å². The number of hydrogen-bond donors (Lipinski definition) is 1. The second-order valence-corrected chi connectivity index (χ2v) is 7.23. The topological polar surface area (TPSA) is 41.6 Å². The Morgan fingerprint density at radius 3 is 2.67 bits per heavy atom. The molecule has 1 heterocycles. The highest BCUT2D eigenvalue weighted by molar-refractivity contribution is 5.80. The van der Waals surface area contributed by atoms with Crippen LogP contribution < -0.4 is 5.32 Å². The quantitative estimate of drug-likeness (QED) is 0.700. The van der Waals surface area contributed by atoms with Crippen molar-refractivity contribution in [1.82, 2.24) is 10.2 Å². The Kier molecular flexibility index (Phi) is 7.14. The summed E-state index contributed by atoms with van der Waals surface area (Å²) in [6.07, 6.45) is 4.46. The van der Waals surface area contributed by atoms with Crippen molar-refractivity contribution in [3.63, 3.8) is 0 Å². The molecule has 1 fully saturated rings. The summed E-state index contributed by atoms with van der Waals surface area (Å²) in [6, 6.07) is 0. The molecule has 124 valence electrons. The van der Waals surface area contributed by atoms with E-state index < -0.39 is 5.54 Å². The summed E-state index contributed by atoms with van der Waals surface area (Å²) in [5, 5.41) is 3.30. The summed E-state index contributed by atoms with van der Waals surface area (Å²) in [5.41, 5.74) is -0.111. The van der Waals surface area contributed by atoms with Gasteiger partial charge in [-0.1, -0.05) is 20.8 Å². The zero-order chi connectivity index (χ0) is 15.9. The summed E-state index contributed by atoms with van der Waals surface area (Å²) in [4.78, 5) is 14.7. The Morgan fingerprint density at radius 2 is 2.10 bits per heavy atom. The maximum Gasteiger partial charge on any atom is 0.326 e. The van der Waals surface area contributed by atoms with E-state index in [4.69, 9.17) is 4.74 Å². The molecule has 1 rings (SSSR count). The molecule has 21 heavy (non-hydrogen) atoms.